The van der Waals surface area contributed by atoms with Crippen molar-refractivity contribution in [2.45, 2.75) is 44.6 Å². The van der Waals surface area contributed by atoms with Crippen molar-refractivity contribution in [1.29, 1.82) is 0 Å². The Labute approximate surface area is 108 Å². The van der Waals surface area contributed by atoms with Crippen LogP contribution in [-0.4, -0.2) is 53.7 Å². The molecule has 4 nitrogen and oxygen atoms in total. The molecule has 3 atom stereocenters. The first kappa shape index (κ1) is 14.8. The minimum Gasteiger partial charge on any atom is -0.372 e. The maximum absolute atomic E-state index is 12.0. The molecule has 3 unspecified atom stereocenters. The maximum atomic E-state index is 12.0. The van der Waals surface area contributed by atoms with E-state index in [1.165, 1.54) is 0 Å². The smallest absolute Gasteiger partial charge is 0.232 e. The maximum Gasteiger partial charge on any atom is 0.232 e. The van der Waals surface area contributed by atoms with Gasteiger partial charge in [0, 0.05) is 18.3 Å². The van der Waals surface area contributed by atoms with E-state index in [2.05, 4.69) is 6.92 Å². The van der Waals surface area contributed by atoms with Crippen LogP contribution in [0.5, 0.6) is 0 Å². The van der Waals surface area contributed by atoms with Crippen LogP contribution in [0.3, 0.4) is 0 Å². The van der Waals surface area contributed by atoms with Gasteiger partial charge in [-0.05, 0) is 26.8 Å². The van der Waals surface area contributed by atoms with Gasteiger partial charge in [0.2, 0.25) is 5.91 Å². The van der Waals surface area contributed by atoms with Gasteiger partial charge in [0.25, 0.3) is 0 Å². The predicted octanol–water partition coefficient (Wildman–Crippen LogP) is 1.09. The first-order chi connectivity index (χ1) is 8.02. The van der Waals surface area contributed by atoms with Gasteiger partial charge in [0.15, 0.2) is 0 Å². The van der Waals surface area contributed by atoms with E-state index in [1.807, 2.05) is 18.7 Å². The van der Waals surface area contributed by atoms with E-state index in [0.29, 0.717) is 17.5 Å². The molecule has 1 fully saturated rings. The van der Waals surface area contributed by atoms with Gasteiger partial charge in [0.1, 0.15) is 0 Å². The number of nitrogens with zero attached hydrogens (tertiary/aromatic N) is 1. The van der Waals surface area contributed by atoms with Crippen LogP contribution in [0.4, 0.5) is 0 Å². The van der Waals surface area contributed by atoms with Crippen molar-refractivity contribution < 1.29 is 9.53 Å². The minimum atomic E-state index is 0.147. The summed E-state index contributed by atoms with van der Waals surface area (Å²) in [5, 5.41) is 0.458. The second-order valence-electron chi connectivity index (χ2n) is 4.76. The van der Waals surface area contributed by atoms with E-state index >= 15 is 0 Å². The SMILES string of the molecule is CC1CN(C(=O)CSC(C)CCN)CC(C)O1. The number of carbonyl (C=O) groups excluding carboxylic acids is 1. The molecule has 1 heterocycles. The molecule has 0 aromatic heterocycles. The molecule has 0 bridgehead atoms. The van der Waals surface area contributed by atoms with E-state index in [0.717, 1.165) is 19.5 Å². The Bertz CT molecular complexity index is 241. The number of morpholine rings is 1. The van der Waals surface area contributed by atoms with E-state index < -0.39 is 0 Å². The van der Waals surface area contributed by atoms with E-state index in [-0.39, 0.29) is 18.1 Å². The normalized spacial score (nSPS) is 26.9. The van der Waals surface area contributed by atoms with Crippen molar-refractivity contribution in [1.82, 2.24) is 4.90 Å². The molecular weight excluding hydrogens is 236 g/mol. The van der Waals surface area contributed by atoms with Crippen molar-refractivity contribution in [2.24, 2.45) is 5.73 Å². The number of thioether (sulfide) groups is 1. The number of ether oxygens (including phenoxy) is 1. The first-order valence-electron chi connectivity index (χ1n) is 6.27. The molecule has 0 aliphatic carbocycles. The van der Waals surface area contributed by atoms with Gasteiger partial charge in [-0.3, -0.25) is 4.79 Å². The summed E-state index contributed by atoms with van der Waals surface area (Å²) in [5.41, 5.74) is 5.49. The Hall–Kier alpha value is -0.260. The standard InChI is InChI=1S/C12H24N2O2S/c1-9-6-14(7-10(2)16-9)12(15)8-17-11(3)4-5-13/h9-11H,4-8,13H2,1-3H3. The molecule has 1 amide bonds. The van der Waals surface area contributed by atoms with Gasteiger partial charge >= 0.3 is 0 Å². The van der Waals surface area contributed by atoms with Crippen LogP contribution in [-0.2, 0) is 9.53 Å². The largest absolute Gasteiger partial charge is 0.372 e. The highest BCUT2D eigenvalue weighted by Gasteiger charge is 2.25. The number of nitrogens with two attached hydrogens (primary N) is 1. The molecule has 0 aromatic rings. The Morgan fingerprint density at radius 2 is 2.06 bits per heavy atom. The van der Waals surface area contributed by atoms with Crippen LogP contribution < -0.4 is 5.73 Å². The lowest BCUT2D eigenvalue weighted by molar-refractivity contribution is -0.140. The number of hydrogen-bond donors (Lipinski definition) is 1. The van der Waals surface area contributed by atoms with Gasteiger partial charge in [-0.2, -0.15) is 0 Å². The molecule has 0 aromatic carbocycles. The lowest BCUT2D eigenvalue weighted by Crippen LogP contribution is -2.48. The molecule has 1 aliphatic rings. The number of hydrogen-bond acceptors (Lipinski definition) is 4. The quantitative estimate of drug-likeness (QED) is 0.804. The van der Waals surface area contributed by atoms with Crippen LogP contribution in [0.15, 0.2) is 0 Å². The molecule has 1 aliphatic heterocycles. The van der Waals surface area contributed by atoms with Crippen LogP contribution in [0, 0.1) is 0 Å². The number of rotatable bonds is 5. The fourth-order valence-electron chi connectivity index (χ4n) is 2.00. The van der Waals surface area contributed by atoms with Gasteiger partial charge in [-0.25, -0.2) is 0 Å². The Kier molecular flexibility index (Phi) is 6.30. The van der Waals surface area contributed by atoms with Crippen LogP contribution in [0.25, 0.3) is 0 Å². The average molecular weight is 260 g/mol. The van der Waals surface area contributed by atoms with Gasteiger partial charge in [0.05, 0.1) is 18.0 Å². The van der Waals surface area contributed by atoms with Crippen molar-refractivity contribution >= 4 is 17.7 Å². The van der Waals surface area contributed by atoms with Crippen molar-refractivity contribution in [2.75, 3.05) is 25.4 Å². The molecule has 0 radical (unpaired) electrons. The Morgan fingerprint density at radius 1 is 1.47 bits per heavy atom. The Morgan fingerprint density at radius 3 is 2.59 bits per heavy atom. The molecule has 1 saturated heterocycles. The molecular formula is C12H24N2O2S. The van der Waals surface area contributed by atoms with E-state index in [4.69, 9.17) is 10.5 Å². The zero-order valence-corrected chi connectivity index (χ0v) is 11.8. The zero-order chi connectivity index (χ0) is 12.8. The molecule has 5 heteroatoms. The van der Waals surface area contributed by atoms with Crippen molar-refractivity contribution in [3.05, 3.63) is 0 Å². The van der Waals surface area contributed by atoms with Crippen molar-refractivity contribution in [3.8, 4) is 0 Å². The lowest BCUT2D eigenvalue weighted by atomic mass is 10.2. The summed E-state index contributed by atoms with van der Waals surface area (Å²) in [5.74, 6) is 0.779. The number of carbonyl (C=O) groups is 1. The molecule has 0 saturated carbocycles. The summed E-state index contributed by atoms with van der Waals surface area (Å²) < 4.78 is 5.61. The third kappa shape index (κ3) is 5.27. The molecule has 2 N–H and O–H groups in total. The highest BCUT2D eigenvalue weighted by molar-refractivity contribution is 8.00. The minimum absolute atomic E-state index is 0.147. The van der Waals surface area contributed by atoms with Gasteiger partial charge in [-0.1, -0.05) is 6.92 Å². The summed E-state index contributed by atoms with van der Waals surface area (Å²) in [6.45, 7) is 8.27. The molecule has 1 rings (SSSR count). The molecule has 0 spiro atoms. The second kappa shape index (κ2) is 7.24. The van der Waals surface area contributed by atoms with E-state index in [1.54, 1.807) is 11.8 Å². The third-order valence-corrected chi connectivity index (χ3v) is 4.06. The van der Waals surface area contributed by atoms with Crippen LogP contribution >= 0.6 is 11.8 Å². The summed E-state index contributed by atoms with van der Waals surface area (Å²) in [6.07, 6.45) is 1.26. The average Bonchev–Trinajstić information content (AvgIpc) is 2.25. The fraction of sp³-hybridized carbons (Fsp3) is 0.917. The topological polar surface area (TPSA) is 55.6 Å². The third-order valence-electron chi connectivity index (χ3n) is 2.84. The van der Waals surface area contributed by atoms with Gasteiger partial charge < -0.3 is 15.4 Å². The summed E-state index contributed by atoms with van der Waals surface area (Å²) in [6, 6.07) is 0. The second-order valence-corrected chi connectivity index (χ2v) is 6.18. The summed E-state index contributed by atoms with van der Waals surface area (Å²) in [4.78, 5) is 13.9. The van der Waals surface area contributed by atoms with Crippen LogP contribution in [0.1, 0.15) is 27.2 Å². The van der Waals surface area contributed by atoms with Crippen LogP contribution in [0.2, 0.25) is 0 Å². The first-order valence-corrected chi connectivity index (χ1v) is 7.32. The summed E-state index contributed by atoms with van der Waals surface area (Å²) >= 11 is 1.69. The van der Waals surface area contributed by atoms with Gasteiger partial charge in [-0.15, -0.1) is 11.8 Å². The monoisotopic (exact) mass is 260 g/mol. The Balaban J connectivity index is 2.31. The number of amides is 1. The van der Waals surface area contributed by atoms with E-state index in [9.17, 15) is 4.79 Å². The summed E-state index contributed by atoms with van der Waals surface area (Å²) in [7, 11) is 0. The fourth-order valence-corrected chi connectivity index (χ4v) is 2.92. The molecule has 100 valence electrons. The molecule has 17 heavy (non-hydrogen) atoms. The predicted molar refractivity (Wildman–Crippen MR) is 72.2 cm³/mol. The van der Waals surface area contributed by atoms with Crippen molar-refractivity contribution in [3.63, 3.8) is 0 Å². The highest BCUT2D eigenvalue weighted by Crippen LogP contribution is 2.16. The lowest BCUT2D eigenvalue weighted by Gasteiger charge is -2.35. The zero-order valence-electron chi connectivity index (χ0n) is 11.0. The highest BCUT2D eigenvalue weighted by atomic mass is 32.2.